The van der Waals surface area contributed by atoms with E-state index in [2.05, 4.69) is 20.4 Å². The van der Waals surface area contributed by atoms with Gasteiger partial charge in [-0.05, 0) is 38.3 Å². The lowest BCUT2D eigenvalue weighted by Crippen LogP contribution is -2.31. The van der Waals surface area contributed by atoms with Gasteiger partial charge >= 0.3 is 0 Å². The average Bonchev–Trinajstić information content (AvgIpc) is 3.38. The Morgan fingerprint density at radius 3 is 2.79 bits per heavy atom. The van der Waals surface area contributed by atoms with Crippen molar-refractivity contribution in [1.29, 1.82) is 0 Å². The van der Waals surface area contributed by atoms with Gasteiger partial charge in [0.05, 0.1) is 18.5 Å². The number of rotatable bonds is 4. The minimum atomic E-state index is -0.743. The van der Waals surface area contributed by atoms with Crippen molar-refractivity contribution in [2.24, 2.45) is 0 Å². The van der Waals surface area contributed by atoms with Gasteiger partial charge in [0.25, 0.3) is 0 Å². The molecule has 2 aliphatic heterocycles. The predicted molar refractivity (Wildman–Crippen MR) is 100 cm³/mol. The third-order valence-electron chi connectivity index (χ3n) is 5.68. The van der Waals surface area contributed by atoms with Crippen molar-refractivity contribution in [3.05, 3.63) is 17.2 Å². The van der Waals surface area contributed by atoms with Crippen LogP contribution in [0.15, 0.2) is 6.20 Å². The van der Waals surface area contributed by atoms with Crippen molar-refractivity contribution in [2.45, 2.75) is 75.8 Å². The summed E-state index contributed by atoms with van der Waals surface area (Å²) in [5.74, 6) is -0.122. The molecule has 10 heteroatoms. The molecule has 0 radical (unpaired) electrons. The lowest BCUT2D eigenvalue weighted by molar-refractivity contribution is -0.191. The molecule has 5 rings (SSSR count). The molecule has 2 aromatic heterocycles. The van der Waals surface area contributed by atoms with Gasteiger partial charge in [0.1, 0.15) is 24.4 Å². The van der Waals surface area contributed by atoms with E-state index in [0.717, 1.165) is 12.8 Å². The zero-order valence-electron chi connectivity index (χ0n) is 15.8. The van der Waals surface area contributed by atoms with Crippen LogP contribution in [0.2, 0.25) is 5.28 Å². The maximum Gasteiger partial charge on any atom is 0.243 e. The molecule has 0 aromatic carbocycles. The van der Waals surface area contributed by atoms with Crippen LogP contribution in [-0.2, 0) is 14.2 Å². The Bertz CT molecular complexity index is 884. The standard InChI is InChI=1S/C18H24ClN5O4/c1-18(2)27-13-11(8-25)26-12(14(13)28-18)10-7-20-16-15(21-9-5-3-4-6-9)22-17(19)23-24(10)16/h7,9,11-14,25H,3-6,8H2,1-2H3,(H,21,22,23)/t11-,12+,13-,14+/m1/s1. The molecule has 0 unspecified atom stereocenters. The summed E-state index contributed by atoms with van der Waals surface area (Å²) in [6.07, 6.45) is 4.65. The maximum absolute atomic E-state index is 9.72. The molecule has 0 bridgehead atoms. The Balaban J connectivity index is 1.52. The molecule has 28 heavy (non-hydrogen) atoms. The molecule has 1 aliphatic carbocycles. The van der Waals surface area contributed by atoms with Crippen molar-refractivity contribution < 1.29 is 19.3 Å². The van der Waals surface area contributed by atoms with Crippen LogP contribution in [0.3, 0.4) is 0 Å². The van der Waals surface area contributed by atoms with Gasteiger partial charge < -0.3 is 24.6 Å². The minimum absolute atomic E-state index is 0.129. The molecule has 0 spiro atoms. The topological polar surface area (TPSA) is 103 Å². The van der Waals surface area contributed by atoms with E-state index >= 15 is 0 Å². The highest BCUT2D eigenvalue weighted by Gasteiger charge is 2.56. The first-order valence-electron chi connectivity index (χ1n) is 9.75. The summed E-state index contributed by atoms with van der Waals surface area (Å²) in [6, 6.07) is 0.369. The van der Waals surface area contributed by atoms with Gasteiger partial charge in [-0.2, -0.15) is 4.98 Å². The summed E-state index contributed by atoms with van der Waals surface area (Å²) in [6.45, 7) is 3.56. The lowest BCUT2D eigenvalue weighted by Gasteiger charge is -2.23. The first-order chi connectivity index (χ1) is 13.4. The normalized spacial score (nSPS) is 32.3. The Morgan fingerprint density at radius 2 is 2.04 bits per heavy atom. The smallest absolute Gasteiger partial charge is 0.243 e. The van der Waals surface area contributed by atoms with Crippen LogP contribution in [0.1, 0.15) is 51.3 Å². The summed E-state index contributed by atoms with van der Waals surface area (Å²) in [5, 5.41) is 17.6. The maximum atomic E-state index is 9.72. The van der Waals surface area contributed by atoms with E-state index in [0.29, 0.717) is 23.2 Å². The van der Waals surface area contributed by atoms with E-state index in [-0.39, 0.29) is 24.1 Å². The number of aromatic nitrogens is 4. The first kappa shape index (κ1) is 18.5. The molecule has 4 atom stereocenters. The number of ether oxygens (including phenoxy) is 3. The number of aliphatic hydroxyl groups is 1. The third kappa shape index (κ3) is 3.05. The number of aliphatic hydroxyl groups excluding tert-OH is 1. The van der Waals surface area contributed by atoms with Crippen LogP contribution in [0.5, 0.6) is 0 Å². The van der Waals surface area contributed by atoms with Gasteiger partial charge in [-0.25, -0.2) is 9.50 Å². The highest BCUT2D eigenvalue weighted by atomic mass is 35.5. The third-order valence-corrected chi connectivity index (χ3v) is 5.84. The molecule has 9 nitrogen and oxygen atoms in total. The molecule has 2 N–H and O–H groups in total. The summed E-state index contributed by atoms with van der Waals surface area (Å²) < 4.78 is 19.7. The zero-order valence-corrected chi connectivity index (χ0v) is 16.6. The Morgan fingerprint density at radius 1 is 1.29 bits per heavy atom. The van der Waals surface area contributed by atoms with Gasteiger partial charge in [0.15, 0.2) is 17.3 Å². The van der Waals surface area contributed by atoms with E-state index in [1.165, 1.54) is 12.8 Å². The largest absolute Gasteiger partial charge is 0.394 e. The van der Waals surface area contributed by atoms with Crippen molar-refractivity contribution in [3.8, 4) is 0 Å². The van der Waals surface area contributed by atoms with Gasteiger partial charge in [0.2, 0.25) is 5.28 Å². The SMILES string of the molecule is CC1(C)O[C@@H]2[C@H](O1)[C@@H](CO)O[C@H]2c1cnc2c(NC3CCCC3)nc(Cl)nn12. The van der Waals surface area contributed by atoms with E-state index in [1.54, 1.807) is 10.7 Å². The lowest BCUT2D eigenvalue weighted by atomic mass is 10.1. The van der Waals surface area contributed by atoms with Crippen molar-refractivity contribution >= 4 is 23.1 Å². The van der Waals surface area contributed by atoms with Crippen LogP contribution in [-0.4, -0.2) is 61.4 Å². The number of fused-ring (bicyclic) bond motifs is 2. The molecule has 3 aliphatic rings. The molecular weight excluding hydrogens is 386 g/mol. The highest BCUT2D eigenvalue weighted by Crippen LogP contribution is 2.45. The molecule has 3 fully saturated rings. The number of hydrogen-bond donors (Lipinski definition) is 2. The van der Waals surface area contributed by atoms with Crippen molar-refractivity contribution in [2.75, 3.05) is 11.9 Å². The van der Waals surface area contributed by atoms with Crippen LogP contribution in [0.25, 0.3) is 5.65 Å². The molecule has 0 amide bonds. The molecular formula is C18H24ClN5O4. The number of nitrogens with zero attached hydrogens (tertiary/aromatic N) is 4. The molecule has 1 saturated carbocycles. The quantitative estimate of drug-likeness (QED) is 0.791. The second-order valence-corrected chi connectivity index (χ2v) is 8.45. The summed E-state index contributed by atoms with van der Waals surface area (Å²) in [7, 11) is 0. The number of imidazole rings is 1. The van der Waals surface area contributed by atoms with E-state index in [4.69, 9.17) is 25.8 Å². The first-order valence-corrected chi connectivity index (χ1v) is 10.1. The van der Waals surface area contributed by atoms with Crippen LogP contribution < -0.4 is 5.32 Å². The number of halogens is 1. The van der Waals surface area contributed by atoms with Crippen LogP contribution in [0, 0.1) is 0 Å². The van der Waals surface area contributed by atoms with Crippen molar-refractivity contribution in [1.82, 2.24) is 19.6 Å². The van der Waals surface area contributed by atoms with Gasteiger partial charge in [0, 0.05) is 6.04 Å². The van der Waals surface area contributed by atoms with Crippen LogP contribution in [0.4, 0.5) is 5.82 Å². The van der Waals surface area contributed by atoms with E-state index < -0.39 is 18.0 Å². The van der Waals surface area contributed by atoms with Crippen LogP contribution >= 0.6 is 11.6 Å². The fraction of sp³-hybridized carbons (Fsp3) is 0.722. The number of hydrogen-bond acceptors (Lipinski definition) is 8. The minimum Gasteiger partial charge on any atom is -0.394 e. The zero-order chi connectivity index (χ0) is 19.5. The molecule has 152 valence electrons. The van der Waals surface area contributed by atoms with Gasteiger partial charge in [-0.1, -0.05) is 12.8 Å². The fourth-order valence-corrected chi connectivity index (χ4v) is 4.65. The number of anilines is 1. The Labute approximate surface area is 167 Å². The van der Waals surface area contributed by atoms with E-state index in [1.807, 2.05) is 13.8 Å². The highest BCUT2D eigenvalue weighted by molar-refractivity contribution is 6.28. The monoisotopic (exact) mass is 409 g/mol. The molecule has 2 aromatic rings. The van der Waals surface area contributed by atoms with Gasteiger partial charge in [-0.15, -0.1) is 5.10 Å². The fourth-order valence-electron chi connectivity index (χ4n) is 4.49. The summed E-state index contributed by atoms with van der Waals surface area (Å²) >= 11 is 6.21. The number of nitrogens with one attached hydrogen (secondary N) is 1. The molecule has 4 heterocycles. The second kappa shape index (κ2) is 6.77. The van der Waals surface area contributed by atoms with Gasteiger partial charge in [-0.3, -0.25) is 0 Å². The Kier molecular flexibility index (Phi) is 4.48. The van der Waals surface area contributed by atoms with E-state index in [9.17, 15) is 5.11 Å². The Hall–Kier alpha value is -1.52. The predicted octanol–water partition coefficient (Wildman–Crippen LogP) is 2.08. The summed E-state index contributed by atoms with van der Waals surface area (Å²) in [5.41, 5.74) is 1.29. The van der Waals surface area contributed by atoms with Crippen molar-refractivity contribution in [3.63, 3.8) is 0 Å². The summed E-state index contributed by atoms with van der Waals surface area (Å²) in [4.78, 5) is 8.87. The molecule has 2 saturated heterocycles. The average molecular weight is 410 g/mol. The second-order valence-electron chi connectivity index (χ2n) is 8.12.